The summed E-state index contributed by atoms with van der Waals surface area (Å²) in [5.74, 6) is -1.32. The topological polar surface area (TPSA) is 229 Å². The first-order valence-electron chi connectivity index (χ1n) is 26.9. The number of hydrogen-bond acceptors (Lipinski definition) is 14. The average molecular weight is 1100 g/mol. The van der Waals surface area contributed by atoms with Gasteiger partial charge >= 0.3 is 5.97 Å². The Bertz CT molecular complexity index is 3410. The van der Waals surface area contributed by atoms with Gasteiger partial charge < -0.3 is 35.4 Å². The van der Waals surface area contributed by atoms with Crippen LogP contribution >= 0.6 is 22.7 Å². The molecule has 2 aliphatic heterocycles. The minimum Gasteiger partial charge on any atom is -0.490 e. The number of aliphatic hydroxyl groups excluding tert-OH is 1. The summed E-state index contributed by atoms with van der Waals surface area (Å²) < 4.78 is 7.60. The van der Waals surface area contributed by atoms with Crippen molar-refractivity contribution in [3.63, 3.8) is 0 Å². The van der Waals surface area contributed by atoms with Gasteiger partial charge in [-0.05, 0) is 129 Å². The van der Waals surface area contributed by atoms with Gasteiger partial charge in [-0.25, -0.2) is 19.7 Å². The highest BCUT2D eigenvalue weighted by Crippen LogP contribution is 2.38. The molecule has 5 N–H and O–H groups in total. The van der Waals surface area contributed by atoms with E-state index in [1.54, 1.807) is 23.8 Å². The Morgan fingerprint density at radius 3 is 2.38 bits per heavy atom. The number of carbonyl (C=O) groups excluding carboxylic acids is 4. The van der Waals surface area contributed by atoms with Crippen molar-refractivity contribution in [2.45, 2.75) is 123 Å². The van der Waals surface area contributed by atoms with Crippen LogP contribution in [0.4, 0.5) is 10.9 Å². The number of benzene rings is 3. The van der Waals surface area contributed by atoms with Crippen LogP contribution in [0.5, 0.6) is 5.75 Å². The van der Waals surface area contributed by atoms with Crippen LogP contribution < -0.4 is 25.6 Å². The Labute approximate surface area is 466 Å². The zero-order valence-corrected chi connectivity index (χ0v) is 46.7. The number of nitrogens with zero attached hydrogens (tertiary/aromatic N) is 6. The molecule has 1 unspecified atom stereocenters. The minimum atomic E-state index is -1.16. The van der Waals surface area contributed by atoms with Crippen molar-refractivity contribution in [1.29, 1.82) is 0 Å². The molecular formula is C60H65N9O8S2. The highest BCUT2D eigenvalue weighted by molar-refractivity contribution is 7.22. The van der Waals surface area contributed by atoms with E-state index in [0.29, 0.717) is 71.4 Å². The predicted molar refractivity (Wildman–Crippen MR) is 305 cm³/mol. The van der Waals surface area contributed by atoms with Crippen molar-refractivity contribution in [2.75, 3.05) is 23.3 Å². The number of carboxylic acid groups (broad SMARTS) is 1. The van der Waals surface area contributed by atoms with E-state index < -0.39 is 47.4 Å². The molecule has 2 fully saturated rings. The van der Waals surface area contributed by atoms with Gasteiger partial charge in [-0.2, -0.15) is 0 Å². The number of amides is 4. The fraction of sp³-hybridized carbons (Fsp3) is 0.383. The maximum Gasteiger partial charge on any atom is 0.355 e. The molecule has 0 bridgehead atoms. The molecule has 1 saturated heterocycles. The fourth-order valence-corrected chi connectivity index (χ4v) is 12.8. The number of fused-ring (bicyclic) bond motifs is 2. The molecule has 4 amide bonds. The van der Waals surface area contributed by atoms with Crippen LogP contribution in [0.1, 0.15) is 121 Å². The highest BCUT2D eigenvalue weighted by atomic mass is 32.1. The SMILES string of the molecule is Cc1ncsc1-c1ccc([C@H](C)NC(=O)[C@@H]2C[C@@H](O)CN2C(=O)C(NC(=O)CC2CCC(Oc3cccc(-c4ccc(N5CCc6cccc(C(=O)Nc7nc8ccccc8s7)c6C5)nc4C(=O)O)c3C)CC2)C(C)(C)C)nc1. The lowest BCUT2D eigenvalue weighted by Gasteiger charge is -2.36. The van der Waals surface area contributed by atoms with Gasteiger partial charge in [-0.15, -0.1) is 11.3 Å². The lowest BCUT2D eigenvalue weighted by Crippen LogP contribution is -2.58. The number of ether oxygens (including phenoxy) is 1. The molecule has 6 heterocycles. The average Bonchev–Trinajstić information content (AvgIpc) is 4.19. The summed E-state index contributed by atoms with van der Waals surface area (Å²) in [7, 11) is 0. The third-order valence-electron chi connectivity index (χ3n) is 15.5. The van der Waals surface area contributed by atoms with Crippen LogP contribution in [-0.2, 0) is 27.3 Å². The molecular weight excluding hydrogens is 1040 g/mol. The van der Waals surface area contributed by atoms with Crippen molar-refractivity contribution in [2.24, 2.45) is 11.3 Å². The monoisotopic (exact) mass is 1100 g/mol. The van der Waals surface area contributed by atoms with Crippen LogP contribution in [0.25, 0.3) is 31.8 Å². The summed E-state index contributed by atoms with van der Waals surface area (Å²) in [6.45, 7) is 12.2. The van der Waals surface area contributed by atoms with Crippen LogP contribution in [0.3, 0.4) is 0 Å². The van der Waals surface area contributed by atoms with Crippen molar-refractivity contribution in [1.82, 2.24) is 35.5 Å². The molecule has 10 rings (SSSR count). The molecule has 1 saturated carbocycles. The lowest BCUT2D eigenvalue weighted by atomic mass is 9.83. The van der Waals surface area contributed by atoms with E-state index in [4.69, 9.17) is 9.72 Å². The van der Waals surface area contributed by atoms with Gasteiger partial charge in [0.1, 0.15) is 23.7 Å². The first-order chi connectivity index (χ1) is 37.9. The molecule has 3 aromatic carbocycles. The van der Waals surface area contributed by atoms with Gasteiger partial charge in [0.25, 0.3) is 5.91 Å². The van der Waals surface area contributed by atoms with Crippen LogP contribution in [-0.4, -0.2) is 102 Å². The fourth-order valence-electron chi connectivity index (χ4n) is 11.1. The number of para-hydroxylation sites is 1. The largest absolute Gasteiger partial charge is 0.490 e. The maximum atomic E-state index is 14.4. The number of hydrogen-bond donors (Lipinski definition) is 5. The summed E-state index contributed by atoms with van der Waals surface area (Å²) in [4.78, 5) is 91.3. The summed E-state index contributed by atoms with van der Waals surface area (Å²) >= 11 is 2.95. The van der Waals surface area contributed by atoms with Gasteiger partial charge in [-0.1, -0.05) is 74.6 Å². The normalized spacial score (nSPS) is 19.1. The Morgan fingerprint density at radius 1 is 0.873 bits per heavy atom. The molecule has 3 aliphatic rings. The van der Waals surface area contributed by atoms with Gasteiger partial charge in [0.2, 0.25) is 17.7 Å². The molecule has 7 aromatic rings. The number of β-amino-alcohol motifs (C(OH)–C–C–N with tert-alkyl or cyclic N) is 1. The second-order valence-electron chi connectivity index (χ2n) is 22.1. The number of anilines is 2. The third kappa shape index (κ3) is 12.0. The molecule has 17 nitrogen and oxygen atoms in total. The van der Waals surface area contributed by atoms with Crippen molar-refractivity contribution < 1.29 is 38.9 Å². The van der Waals surface area contributed by atoms with E-state index in [1.165, 1.54) is 27.6 Å². The number of carboxylic acids is 1. The van der Waals surface area contributed by atoms with E-state index in [-0.39, 0.29) is 48.9 Å². The second-order valence-corrected chi connectivity index (χ2v) is 23.9. The number of aromatic carboxylic acids is 1. The molecule has 4 atom stereocenters. The zero-order chi connectivity index (χ0) is 55.7. The Balaban J connectivity index is 0.741. The van der Waals surface area contributed by atoms with Crippen LogP contribution in [0.2, 0.25) is 0 Å². The zero-order valence-electron chi connectivity index (χ0n) is 45.1. The first kappa shape index (κ1) is 54.7. The number of aromatic nitrogens is 4. The maximum absolute atomic E-state index is 14.4. The lowest BCUT2D eigenvalue weighted by molar-refractivity contribution is -0.144. The number of aliphatic hydroxyl groups is 1. The van der Waals surface area contributed by atoms with Crippen LogP contribution in [0.15, 0.2) is 96.6 Å². The van der Waals surface area contributed by atoms with Gasteiger partial charge in [0.15, 0.2) is 10.8 Å². The molecule has 0 spiro atoms. The quantitative estimate of drug-likeness (QED) is 0.0645. The Hall–Kier alpha value is -7.61. The van der Waals surface area contributed by atoms with Gasteiger partial charge in [0, 0.05) is 55.4 Å². The Morgan fingerprint density at radius 2 is 1.66 bits per heavy atom. The van der Waals surface area contributed by atoms with E-state index in [9.17, 15) is 34.2 Å². The number of rotatable bonds is 15. The highest BCUT2D eigenvalue weighted by Gasteiger charge is 2.45. The van der Waals surface area contributed by atoms with Crippen molar-refractivity contribution in [3.8, 4) is 27.3 Å². The predicted octanol–water partition coefficient (Wildman–Crippen LogP) is 9.70. The molecule has 410 valence electrons. The second kappa shape index (κ2) is 23.0. The summed E-state index contributed by atoms with van der Waals surface area (Å²) in [6, 6.07) is 24.1. The van der Waals surface area contributed by atoms with Gasteiger partial charge in [-0.3, -0.25) is 29.5 Å². The first-order valence-corrected chi connectivity index (χ1v) is 28.6. The standard InChI is InChI=1S/C60H65N9O8S2/c1-33-41(42-22-24-50(65-52(42)58(75)76)68-26-25-37-11-9-13-43(44(37)31-68)55(72)67-59-64-46-14-7-8-16-49(46)79-59)12-10-15-48(33)77-40-20-17-36(18-21-40)27-51(71)66-54(60(4,5)6)57(74)69-30-39(70)28-47(69)56(73)63-34(2)45-23-19-38(29-61-45)53-35(3)62-32-78-53/h7-16,19,22-24,29,32,34,36,39-40,47,54,70H,17-18,20-21,25-28,30-31H2,1-6H3,(H,63,73)(H,66,71)(H,75,76)(H,64,67,72)/t34-,36?,39+,40?,47-,54?/m0/s1. The number of nitrogens with one attached hydrogen (secondary N) is 3. The van der Waals surface area contributed by atoms with Crippen molar-refractivity contribution in [3.05, 3.63) is 136 Å². The number of carbonyl (C=O) groups is 5. The number of aryl methyl sites for hydroxylation is 1. The molecule has 19 heteroatoms. The molecule has 79 heavy (non-hydrogen) atoms. The summed E-state index contributed by atoms with van der Waals surface area (Å²) in [6.07, 6.45) is 4.48. The molecule has 4 aromatic heterocycles. The molecule has 0 radical (unpaired) electrons. The van der Waals surface area contributed by atoms with E-state index >= 15 is 0 Å². The Kier molecular flexibility index (Phi) is 15.9. The van der Waals surface area contributed by atoms with E-state index in [0.717, 1.165) is 55.9 Å². The van der Waals surface area contributed by atoms with Crippen LogP contribution in [0, 0.1) is 25.2 Å². The molecule has 1 aliphatic carbocycles. The van der Waals surface area contributed by atoms with Crippen molar-refractivity contribution >= 4 is 73.4 Å². The van der Waals surface area contributed by atoms with Gasteiger partial charge in [0.05, 0.1) is 50.2 Å². The number of thiazole rings is 2. The smallest absolute Gasteiger partial charge is 0.355 e. The van der Waals surface area contributed by atoms with E-state index in [1.807, 2.05) is 119 Å². The summed E-state index contributed by atoms with van der Waals surface area (Å²) in [5.41, 5.74) is 8.68. The van der Waals surface area contributed by atoms with E-state index in [2.05, 4.69) is 30.9 Å². The summed E-state index contributed by atoms with van der Waals surface area (Å²) in [5, 5.41) is 30.9. The minimum absolute atomic E-state index is 0.0297. The third-order valence-corrected chi connectivity index (χ3v) is 17.4. The number of pyridine rings is 2. The number of likely N-dealkylation sites (tertiary alicyclic amines) is 1.